The highest BCUT2D eigenvalue weighted by Crippen LogP contribution is 2.33. The fourth-order valence-corrected chi connectivity index (χ4v) is 3.99. The minimum absolute atomic E-state index is 0.0556. The van der Waals surface area contributed by atoms with Gasteiger partial charge in [-0.05, 0) is 49.4 Å². The minimum Gasteiger partial charge on any atom is -0.496 e. The lowest BCUT2D eigenvalue weighted by Crippen LogP contribution is -2.44. The van der Waals surface area contributed by atoms with Crippen LogP contribution in [0.4, 0.5) is 13.2 Å². The Morgan fingerprint density at radius 3 is 2.59 bits per heavy atom. The molecule has 3 aromatic rings. The quantitative estimate of drug-likeness (QED) is 0.534. The Hall–Kier alpha value is -3.24. The molecule has 0 spiro atoms. The number of hydrogen-bond donors (Lipinski definition) is 3. The van der Waals surface area contributed by atoms with Crippen LogP contribution >= 0.6 is 0 Å². The van der Waals surface area contributed by atoms with E-state index in [1.807, 2.05) is 18.2 Å². The molecule has 2 aromatic carbocycles. The number of nitrogens with one attached hydrogen (secondary N) is 3. The Bertz CT molecular complexity index is 1110. The molecule has 2 atom stereocenters. The van der Waals surface area contributed by atoms with Crippen LogP contribution in [0.15, 0.2) is 48.5 Å². The zero-order valence-corrected chi connectivity index (χ0v) is 17.5. The molecule has 1 aliphatic heterocycles. The molecular weight excluding hydrogens is 425 g/mol. The Balaban J connectivity index is 1.44. The predicted molar refractivity (Wildman–Crippen MR) is 112 cm³/mol. The molecule has 2 heterocycles. The standard InChI is InChI=1S/C22H23F3N4O3/c1-3-29-17-5-4-6-19(31-2)15(17)11-18(29)16-12-20(28-27-16)26-21(30)13-7-9-14(10-8-13)32-22(23,24)25/h4-11,16,20,27-28H,3,12H2,1-2H3,(H,26,30). The molecule has 1 aliphatic rings. The maximum Gasteiger partial charge on any atom is 0.573 e. The molecule has 0 saturated carbocycles. The van der Waals surface area contributed by atoms with Crippen molar-refractivity contribution in [3.8, 4) is 11.5 Å². The average Bonchev–Trinajstić information content (AvgIpc) is 3.36. The first-order chi connectivity index (χ1) is 15.3. The number of alkyl halides is 3. The highest BCUT2D eigenvalue weighted by molar-refractivity contribution is 5.94. The van der Waals surface area contributed by atoms with Crippen molar-refractivity contribution in [2.24, 2.45) is 0 Å². The number of halogens is 3. The number of aromatic nitrogens is 1. The summed E-state index contributed by atoms with van der Waals surface area (Å²) in [5.74, 6) is 0.0171. The maximum atomic E-state index is 12.5. The maximum absolute atomic E-state index is 12.5. The Morgan fingerprint density at radius 2 is 1.94 bits per heavy atom. The van der Waals surface area contributed by atoms with Crippen molar-refractivity contribution in [3.05, 3.63) is 59.8 Å². The summed E-state index contributed by atoms with van der Waals surface area (Å²) >= 11 is 0. The summed E-state index contributed by atoms with van der Waals surface area (Å²) in [4.78, 5) is 12.5. The highest BCUT2D eigenvalue weighted by atomic mass is 19.4. The van der Waals surface area contributed by atoms with Crippen molar-refractivity contribution in [1.29, 1.82) is 0 Å². The first kappa shape index (κ1) is 22.0. The minimum atomic E-state index is -4.77. The van der Waals surface area contributed by atoms with Gasteiger partial charge in [-0.2, -0.15) is 0 Å². The number of hydrogen-bond acceptors (Lipinski definition) is 5. The number of carbonyl (C=O) groups is 1. The number of ether oxygens (including phenoxy) is 2. The fourth-order valence-electron chi connectivity index (χ4n) is 3.99. The average molecular weight is 448 g/mol. The van der Waals surface area contributed by atoms with Crippen LogP contribution < -0.4 is 25.6 Å². The van der Waals surface area contributed by atoms with E-state index >= 15 is 0 Å². The predicted octanol–water partition coefficient (Wildman–Crippen LogP) is 3.86. The number of aryl methyl sites for hydroxylation is 1. The normalized spacial score (nSPS) is 18.7. The van der Waals surface area contributed by atoms with Crippen molar-refractivity contribution in [3.63, 3.8) is 0 Å². The number of methoxy groups -OCH3 is 1. The van der Waals surface area contributed by atoms with E-state index in [0.717, 1.165) is 41.0 Å². The van der Waals surface area contributed by atoms with E-state index in [4.69, 9.17) is 4.74 Å². The van der Waals surface area contributed by atoms with Gasteiger partial charge in [0.05, 0.1) is 24.8 Å². The second kappa shape index (κ2) is 8.71. The van der Waals surface area contributed by atoms with Crippen LogP contribution in [-0.2, 0) is 6.54 Å². The Kier molecular flexibility index (Phi) is 5.98. The summed E-state index contributed by atoms with van der Waals surface area (Å²) in [5.41, 5.74) is 8.65. The van der Waals surface area contributed by atoms with Gasteiger partial charge in [-0.15, -0.1) is 13.2 Å². The summed E-state index contributed by atoms with van der Waals surface area (Å²) in [6.45, 7) is 2.84. The molecule has 170 valence electrons. The largest absolute Gasteiger partial charge is 0.573 e. The van der Waals surface area contributed by atoms with E-state index in [9.17, 15) is 18.0 Å². The number of fused-ring (bicyclic) bond motifs is 1. The lowest BCUT2D eigenvalue weighted by molar-refractivity contribution is -0.274. The molecule has 2 unspecified atom stereocenters. The molecule has 10 heteroatoms. The molecule has 1 fully saturated rings. The third kappa shape index (κ3) is 4.51. The zero-order valence-electron chi connectivity index (χ0n) is 17.5. The number of hydrazine groups is 1. The molecule has 7 nitrogen and oxygen atoms in total. The number of nitrogens with zero attached hydrogens (tertiary/aromatic N) is 1. The lowest BCUT2D eigenvalue weighted by Gasteiger charge is -2.14. The van der Waals surface area contributed by atoms with Gasteiger partial charge in [0.2, 0.25) is 0 Å². The van der Waals surface area contributed by atoms with Gasteiger partial charge < -0.3 is 19.4 Å². The van der Waals surface area contributed by atoms with Crippen LogP contribution in [-0.4, -0.2) is 30.1 Å². The monoisotopic (exact) mass is 448 g/mol. The Labute approximate surface area is 182 Å². The van der Waals surface area contributed by atoms with Gasteiger partial charge in [0.1, 0.15) is 11.5 Å². The van der Waals surface area contributed by atoms with Gasteiger partial charge >= 0.3 is 6.36 Å². The molecule has 1 aromatic heterocycles. The van der Waals surface area contributed by atoms with Crippen LogP contribution in [0.25, 0.3) is 10.9 Å². The van der Waals surface area contributed by atoms with Crippen LogP contribution in [0.2, 0.25) is 0 Å². The summed E-state index contributed by atoms with van der Waals surface area (Å²) in [6.07, 6.45) is -4.55. The molecule has 32 heavy (non-hydrogen) atoms. The van der Waals surface area contributed by atoms with Crippen LogP contribution in [0, 0.1) is 0 Å². The van der Waals surface area contributed by atoms with Gasteiger partial charge in [-0.25, -0.2) is 10.9 Å². The van der Waals surface area contributed by atoms with E-state index in [1.54, 1.807) is 7.11 Å². The van der Waals surface area contributed by atoms with Gasteiger partial charge in [0, 0.05) is 29.6 Å². The summed E-state index contributed by atoms with van der Waals surface area (Å²) < 4.78 is 48.4. The number of benzene rings is 2. The van der Waals surface area contributed by atoms with Crippen LogP contribution in [0.1, 0.15) is 35.4 Å². The highest BCUT2D eigenvalue weighted by Gasteiger charge is 2.31. The summed E-state index contributed by atoms with van der Waals surface area (Å²) in [5, 5.41) is 3.86. The fraction of sp³-hybridized carbons (Fsp3) is 0.318. The molecule has 0 radical (unpaired) electrons. The lowest BCUT2D eigenvalue weighted by atomic mass is 10.1. The molecule has 3 N–H and O–H groups in total. The number of amides is 1. The smallest absolute Gasteiger partial charge is 0.496 e. The summed E-state index contributed by atoms with van der Waals surface area (Å²) in [7, 11) is 1.64. The molecule has 4 rings (SSSR count). The number of rotatable bonds is 6. The molecule has 1 saturated heterocycles. The van der Waals surface area contributed by atoms with Gasteiger partial charge in [-0.3, -0.25) is 4.79 Å². The van der Waals surface area contributed by atoms with E-state index in [1.165, 1.54) is 12.1 Å². The first-order valence-electron chi connectivity index (χ1n) is 10.1. The molecule has 0 aliphatic carbocycles. The SMILES string of the molecule is CCn1c(C2CC(NC(=O)c3ccc(OC(F)(F)F)cc3)NN2)cc2c(OC)cccc21. The molecule has 1 amide bonds. The van der Waals surface area contributed by atoms with Crippen LogP contribution in [0.5, 0.6) is 11.5 Å². The topological polar surface area (TPSA) is 76.6 Å². The second-order valence-corrected chi connectivity index (χ2v) is 7.38. The van der Waals surface area contributed by atoms with Gasteiger partial charge in [0.15, 0.2) is 0 Å². The van der Waals surface area contributed by atoms with E-state index in [2.05, 4.69) is 38.5 Å². The summed E-state index contributed by atoms with van der Waals surface area (Å²) in [6, 6.07) is 12.7. The van der Waals surface area contributed by atoms with E-state index in [-0.39, 0.29) is 23.5 Å². The molecule has 0 bridgehead atoms. The van der Waals surface area contributed by atoms with Crippen LogP contribution in [0.3, 0.4) is 0 Å². The number of carbonyl (C=O) groups excluding carboxylic acids is 1. The first-order valence-corrected chi connectivity index (χ1v) is 10.1. The Morgan fingerprint density at radius 1 is 1.19 bits per heavy atom. The third-order valence-electron chi connectivity index (χ3n) is 5.39. The van der Waals surface area contributed by atoms with Crippen molar-refractivity contribution < 1.29 is 27.4 Å². The third-order valence-corrected chi connectivity index (χ3v) is 5.39. The van der Waals surface area contributed by atoms with E-state index in [0.29, 0.717) is 6.42 Å². The molecular formula is C22H23F3N4O3. The van der Waals surface area contributed by atoms with Crippen molar-refractivity contribution in [2.45, 2.75) is 38.5 Å². The van der Waals surface area contributed by atoms with Crippen molar-refractivity contribution in [2.75, 3.05) is 7.11 Å². The second-order valence-electron chi connectivity index (χ2n) is 7.38. The van der Waals surface area contributed by atoms with E-state index < -0.39 is 12.3 Å². The zero-order chi connectivity index (χ0) is 22.9. The van der Waals surface area contributed by atoms with Gasteiger partial charge in [0.25, 0.3) is 5.91 Å². The van der Waals surface area contributed by atoms with Gasteiger partial charge in [-0.1, -0.05) is 6.07 Å². The van der Waals surface area contributed by atoms with Crippen molar-refractivity contribution >= 4 is 16.8 Å². The van der Waals surface area contributed by atoms with Crippen molar-refractivity contribution in [1.82, 2.24) is 20.7 Å².